The SMILES string of the molecule is COC[C@H]1C[C@@H](C2=Nc3ccc4cc(-c5ccc6c(ccc7[nH]c([C@@H]8C[C@H](C)CN8C(=O)[C@@H](NC(=O)OC)C(C)C)nc76)c5)ccc4c3C2)N(C(=O)[C@H](NC(=O)OC)c2ccccc2)C1. The molecule has 0 bridgehead atoms. The molecular formula is C51H55N7O7. The van der Waals surface area contributed by atoms with Crippen LogP contribution in [0.4, 0.5) is 15.3 Å². The van der Waals surface area contributed by atoms with Gasteiger partial charge in [-0.3, -0.25) is 14.6 Å². The van der Waals surface area contributed by atoms with Crippen LogP contribution in [-0.4, -0.2) is 103 Å². The number of nitrogens with one attached hydrogen (secondary N) is 3. The van der Waals surface area contributed by atoms with Gasteiger partial charge in [-0.25, -0.2) is 14.6 Å². The summed E-state index contributed by atoms with van der Waals surface area (Å²) in [6.07, 6.45) is 0.762. The van der Waals surface area contributed by atoms with Crippen LogP contribution in [-0.2, 0) is 30.2 Å². The largest absolute Gasteiger partial charge is 0.453 e. The zero-order valence-corrected chi connectivity index (χ0v) is 37.6. The van der Waals surface area contributed by atoms with Gasteiger partial charge < -0.3 is 39.6 Å². The molecule has 0 aliphatic carbocycles. The average molecular weight is 878 g/mol. The van der Waals surface area contributed by atoms with Crippen LogP contribution in [0.3, 0.4) is 0 Å². The summed E-state index contributed by atoms with van der Waals surface area (Å²) in [7, 11) is 4.26. The Labute approximate surface area is 377 Å². The molecule has 2 fully saturated rings. The molecule has 336 valence electrons. The number of hydrogen-bond acceptors (Lipinski definition) is 9. The minimum atomic E-state index is -0.917. The van der Waals surface area contributed by atoms with Crippen molar-refractivity contribution in [2.24, 2.45) is 22.7 Å². The second kappa shape index (κ2) is 18.0. The molecule has 0 unspecified atom stereocenters. The fourth-order valence-electron chi connectivity index (χ4n) is 10.1. The lowest BCUT2D eigenvalue weighted by atomic mass is 9.94. The molecule has 3 aliphatic rings. The maximum atomic E-state index is 14.4. The summed E-state index contributed by atoms with van der Waals surface area (Å²) in [5.74, 6) is 0.625. The van der Waals surface area contributed by atoms with Crippen LogP contribution in [0.1, 0.15) is 62.6 Å². The maximum absolute atomic E-state index is 14.4. The lowest BCUT2D eigenvalue weighted by molar-refractivity contribution is -0.135. The average Bonchev–Trinajstić information content (AvgIpc) is 4.14. The van der Waals surface area contributed by atoms with Crippen molar-refractivity contribution < 1.29 is 33.4 Å². The molecule has 4 amide bonds. The van der Waals surface area contributed by atoms with Gasteiger partial charge in [0.15, 0.2) is 0 Å². The van der Waals surface area contributed by atoms with Crippen molar-refractivity contribution in [3.8, 4) is 11.1 Å². The Morgan fingerprint density at radius 1 is 0.769 bits per heavy atom. The molecule has 9 rings (SSSR count). The number of nitrogens with zero attached hydrogens (tertiary/aromatic N) is 4. The van der Waals surface area contributed by atoms with Crippen LogP contribution in [0.25, 0.3) is 43.7 Å². The number of imidazole rings is 1. The van der Waals surface area contributed by atoms with Crippen LogP contribution in [0, 0.1) is 17.8 Å². The summed E-state index contributed by atoms with van der Waals surface area (Å²) in [4.78, 5) is 70.5. The Hall–Kier alpha value is -6.80. The summed E-state index contributed by atoms with van der Waals surface area (Å²) >= 11 is 0. The monoisotopic (exact) mass is 877 g/mol. The number of hydrogen-bond donors (Lipinski definition) is 3. The smallest absolute Gasteiger partial charge is 0.407 e. The Bertz CT molecular complexity index is 2840. The predicted octanol–water partition coefficient (Wildman–Crippen LogP) is 8.42. The number of likely N-dealkylation sites (tertiary alicyclic amines) is 2. The van der Waals surface area contributed by atoms with Crippen molar-refractivity contribution in [3.63, 3.8) is 0 Å². The zero-order valence-electron chi connectivity index (χ0n) is 37.6. The van der Waals surface area contributed by atoms with Gasteiger partial charge >= 0.3 is 12.2 Å². The highest BCUT2D eigenvalue weighted by Gasteiger charge is 2.43. The number of methoxy groups -OCH3 is 3. The van der Waals surface area contributed by atoms with E-state index >= 15 is 0 Å². The van der Waals surface area contributed by atoms with Gasteiger partial charge in [-0.15, -0.1) is 0 Å². The molecule has 6 atom stereocenters. The molecule has 0 saturated carbocycles. The lowest BCUT2D eigenvalue weighted by Gasteiger charge is -2.30. The lowest BCUT2D eigenvalue weighted by Crippen LogP contribution is -2.51. The van der Waals surface area contributed by atoms with E-state index in [9.17, 15) is 19.2 Å². The predicted molar refractivity (Wildman–Crippen MR) is 250 cm³/mol. The number of H-pyrrole nitrogens is 1. The number of carbonyl (C=O) groups excluding carboxylic acids is 4. The van der Waals surface area contributed by atoms with Crippen molar-refractivity contribution >= 4 is 68.0 Å². The van der Waals surface area contributed by atoms with Crippen molar-refractivity contribution in [1.82, 2.24) is 30.4 Å². The van der Waals surface area contributed by atoms with E-state index in [4.69, 9.17) is 24.2 Å². The van der Waals surface area contributed by atoms with Gasteiger partial charge in [0.1, 0.15) is 17.9 Å². The van der Waals surface area contributed by atoms with Crippen LogP contribution in [0.5, 0.6) is 0 Å². The van der Waals surface area contributed by atoms with Gasteiger partial charge in [0, 0.05) is 43.6 Å². The number of aromatic nitrogens is 2. The van der Waals surface area contributed by atoms with Crippen molar-refractivity contribution in [2.75, 3.05) is 41.0 Å². The minimum Gasteiger partial charge on any atom is -0.453 e. The van der Waals surface area contributed by atoms with E-state index in [1.807, 2.05) is 60.0 Å². The normalized spacial score (nSPS) is 20.3. The first kappa shape index (κ1) is 43.5. The van der Waals surface area contributed by atoms with E-state index in [1.54, 1.807) is 7.11 Å². The summed E-state index contributed by atoms with van der Waals surface area (Å²) in [6.45, 7) is 7.52. The van der Waals surface area contributed by atoms with E-state index in [-0.39, 0.29) is 41.7 Å². The van der Waals surface area contributed by atoms with E-state index in [1.165, 1.54) is 14.2 Å². The third-order valence-corrected chi connectivity index (χ3v) is 13.3. The topological polar surface area (TPSA) is 168 Å². The number of rotatable bonds is 11. The highest BCUT2D eigenvalue weighted by Crippen LogP contribution is 2.41. The summed E-state index contributed by atoms with van der Waals surface area (Å²) in [5, 5.41) is 9.78. The standard InChI is InChI=1S/C51H55N7O7/c1-28(2)44(55-50(61)64-5)48(59)57-25-29(3)20-43(57)47-53-40-19-15-35-23-33(13-17-37(35)46(40)54-47)32-12-16-36-34(22-32)14-18-39-38(36)24-41(52-39)42-21-30(27-63-4)26-58(42)49(60)45(56-51(62)65-6)31-10-8-7-9-11-31/h7-19,22-23,28-30,42-45H,20-21,24-27H2,1-6H3,(H,53,54)(H,55,61)(H,56,62)/t29-,30-,42-,43-,44-,45+/m0/s1. The fourth-order valence-corrected chi connectivity index (χ4v) is 10.1. The molecule has 4 heterocycles. The molecular weight excluding hydrogens is 823 g/mol. The van der Waals surface area contributed by atoms with Crippen LogP contribution < -0.4 is 10.6 Å². The molecule has 6 aromatic rings. The molecule has 14 nitrogen and oxygen atoms in total. The number of aromatic amines is 1. The quantitative estimate of drug-likeness (QED) is 0.117. The number of benzene rings is 5. The number of amides is 4. The summed E-state index contributed by atoms with van der Waals surface area (Å²) in [5.41, 5.74) is 7.53. The molecule has 0 radical (unpaired) electrons. The summed E-state index contributed by atoms with van der Waals surface area (Å²) < 4.78 is 15.3. The number of alkyl carbamates (subject to hydrolysis) is 2. The molecule has 3 N–H and O–H groups in total. The molecule has 5 aromatic carbocycles. The van der Waals surface area contributed by atoms with Crippen LogP contribution >= 0.6 is 0 Å². The Morgan fingerprint density at radius 2 is 1.45 bits per heavy atom. The molecule has 2 saturated heterocycles. The molecule has 65 heavy (non-hydrogen) atoms. The first-order valence-electron chi connectivity index (χ1n) is 22.3. The number of ether oxygens (including phenoxy) is 3. The first-order valence-corrected chi connectivity index (χ1v) is 22.3. The fraction of sp³-hybridized carbons (Fsp3) is 0.373. The van der Waals surface area contributed by atoms with Gasteiger partial charge in [-0.05, 0) is 87.4 Å². The molecule has 0 spiro atoms. The second-order valence-electron chi connectivity index (χ2n) is 18.0. The van der Waals surface area contributed by atoms with Crippen LogP contribution in [0.2, 0.25) is 0 Å². The van der Waals surface area contributed by atoms with Gasteiger partial charge in [-0.1, -0.05) is 87.5 Å². The van der Waals surface area contributed by atoms with Crippen molar-refractivity contribution in [2.45, 2.75) is 64.2 Å². The number of aliphatic imine (C=N–C) groups is 1. The highest BCUT2D eigenvalue weighted by atomic mass is 16.5. The third-order valence-electron chi connectivity index (χ3n) is 13.3. The Balaban J connectivity index is 0.960. The molecule has 3 aliphatic heterocycles. The van der Waals surface area contributed by atoms with Gasteiger partial charge in [0.2, 0.25) is 11.8 Å². The van der Waals surface area contributed by atoms with E-state index in [0.29, 0.717) is 38.1 Å². The molecule has 1 aromatic heterocycles. The van der Waals surface area contributed by atoms with Crippen molar-refractivity contribution in [3.05, 3.63) is 108 Å². The highest BCUT2D eigenvalue weighted by molar-refractivity contribution is 6.08. The van der Waals surface area contributed by atoms with E-state index < -0.39 is 24.3 Å². The maximum Gasteiger partial charge on any atom is 0.407 e. The van der Waals surface area contributed by atoms with E-state index in [0.717, 1.165) is 72.9 Å². The molecule has 14 heteroatoms. The Morgan fingerprint density at radius 3 is 2.15 bits per heavy atom. The first-order chi connectivity index (χ1) is 31.4. The Kier molecular flexibility index (Phi) is 12.0. The second-order valence-corrected chi connectivity index (χ2v) is 18.0. The van der Waals surface area contributed by atoms with Crippen LogP contribution in [0.15, 0.2) is 96.0 Å². The van der Waals surface area contributed by atoms with Gasteiger partial charge in [0.05, 0.1) is 49.6 Å². The number of carbonyl (C=O) groups is 4. The van der Waals surface area contributed by atoms with Crippen molar-refractivity contribution in [1.29, 1.82) is 0 Å². The number of fused-ring (bicyclic) bond motifs is 6. The van der Waals surface area contributed by atoms with Gasteiger partial charge in [-0.2, -0.15) is 0 Å². The summed E-state index contributed by atoms with van der Waals surface area (Å²) in [6, 6.07) is 28.4. The third kappa shape index (κ3) is 8.38. The minimum absolute atomic E-state index is 0.111. The van der Waals surface area contributed by atoms with E-state index in [2.05, 4.69) is 77.1 Å². The van der Waals surface area contributed by atoms with Gasteiger partial charge in [0.25, 0.3) is 0 Å². The zero-order chi connectivity index (χ0) is 45.5.